The minimum Gasteiger partial charge on any atom is -0.459 e. The summed E-state index contributed by atoms with van der Waals surface area (Å²) in [4.78, 5) is 27.4. The predicted octanol–water partition coefficient (Wildman–Crippen LogP) is 1.60. The number of aromatic nitrogens is 2. The number of rotatable bonds is 4. The maximum Gasteiger partial charge on any atom is 0.412 e. The highest BCUT2D eigenvalue weighted by molar-refractivity contribution is 5.91. The van der Waals surface area contributed by atoms with Crippen LogP contribution in [0.15, 0.2) is 34.9 Å². The van der Waals surface area contributed by atoms with Gasteiger partial charge in [0.25, 0.3) is 5.91 Å². The summed E-state index contributed by atoms with van der Waals surface area (Å²) in [5.41, 5.74) is 0. The van der Waals surface area contributed by atoms with Gasteiger partial charge in [0, 0.05) is 26.2 Å². The molecule has 0 aromatic carbocycles. The number of anilines is 2. The van der Waals surface area contributed by atoms with E-state index in [1.807, 2.05) is 4.90 Å². The Morgan fingerprint density at radius 3 is 2.60 bits per heavy atom. The number of piperazine rings is 1. The van der Waals surface area contributed by atoms with Crippen LogP contribution in [0.5, 0.6) is 0 Å². The van der Waals surface area contributed by atoms with Crippen LogP contribution in [0.3, 0.4) is 0 Å². The predicted molar refractivity (Wildman–Crippen MR) is 89.5 cm³/mol. The van der Waals surface area contributed by atoms with E-state index in [1.54, 1.807) is 36.1 Å². The second-order valence-electron chi connectivity index (χ2n) is 5.38. The van der Waals surface area contributed by atoms with Gasteiger partial charge < -0.3 is 19.0 Å². The molecule has 25 heavy (non-hydrogen) atoms. The fourth-order valence-electron chi connectivity index (χ4n) is 2.53. The molecule has 3 rings (SSSR count). The zero-order chi connectivity index (χ0) is 17.6. The molecule has 9 nitrogen and oxygen atoms in total. The summed E-state index contributed by atoms with van der Waals surface area (Å²) in [6.07, 6.45) is 0.930. The van der Waals surface area contributed by atoms with Crippen molar-refractivity contribution in [1.29, 1.82) is 0 Å². The van der Waals surface area contributed by atoms with Gasteiger partial charge in [-0.15, -0.1) is 10.2 Å². The molecule has 3 heterocycles. The Hall–Kier alpha value is -3.10. The summed E-state index contributed by atoms with van der Waals surface area (Å²) in [6, 6.07) is 6.80. The van der Waals surface area contributed by atoms with E-state index < -0.39 is 6.09 Å². The Labute approximate surface area is 144 Å². The molecular weight excluding hydrogens is 326 g/mol. The molecule has 1 aliphatic rings. The van der Waals surface area contributed by atoms with Gasteiger partial charge in [-0.1, -0.05) is 0 Å². The Kier molecular flexibility index (Phi) is 5.12. The van der Waals surface area contributed by atoms with E-state index in [1.165, 1.54) is 6.26 Å². The lowest BCUT2D eigenvalue weighted by atomic mass is 10.3. The molecule has 9 heteroatoms. The summed E-state index contributed by atoms with van der Waals surface area (Å²) in [6.45, 7) is 4.45. The fourth-order valence-corrected chi connectivity index (χ4v) is 2.53. The SMILES string of the molecule is CCOC(=O)Nc1ccc(N2CCN(C(=O)c3ccco3)CC2)nn1. The van der Waals surface area contributed by atoms with E-state index in [0.717, 1.165) is 0 Å². The van der Waals surface area contributed by atoms with E-state index in [-0.39, 0.29) is 5.91 Å². The van der Waals surface area contributed by atoms with Crippen molar-refractivity contribution >= 4 is 23.6 Å². The van der Waals surface area contributed by atoms with Crippen LogP contribution in [0.25, 0.3) is 0 Å². The smallest absolute Gasteiger partial charge is 0.412 e. The lowest BCUT2D eigenvalue weighted by Gasteiger charge is -2.34. The molecule has 2 aromatic heterocycles. The first kappa shape index (κ1) is 16.7. The van der Waals surface area contributed by atoms with Gasteiger partial charge in [0.05, 0.1) is 12.9 Å². The summed E-state index contributed by atoms with van der Waals surface area (Å²) >= 11 is 0. The van der Waals surface area contributed by atoms with Gasteiger partial charge >= 0.3 is 6.09 Å². The van der Waals surface area contributed by atoms with E-state index >= 15 is 0 Å². The Morgan fingerprint density at radius 1 is 1.20 bits per heavy atom. The van der Waals surface area contributed by atoms with Crippen molar-refractivity contribution in [2.75, 3.05) is 43.0 Å². The maximum absolute atomic E-state index is 12.2. The van der Waals surface area contributed by atoms with Crippen LogP contribution in [0, 0.1) is 0 Å². The molecule has 2 amide bonds. The number of amides is 2. The molecule has 1 fully saturated rings. The van der Waals surface area contributed by atoms with Crippen LogP contribution in [0.2, 0.25) is 0 Å². The van der Waals surface area contributed by atoms with Crippen LogP contribution in [-0.4, -0.2) is 59.9 Å². The van der Waals surface area contributed by atoms with Crippen LogP contribution >= 0.6 is 0 Å². The largest absolute Gasteiger partial charge is 0.459 e. The van der Waals surface area contributed by atoms with Crippen molar-refractivity contribution in [3.8, 4) is 0 Å². The van der Waals surface area contributed by atoms with Crippen molar-refractivity contribution < 1.29 is 18.7 Å². The number of furan rings is 1. The summed E-state index contributed by atoms with van der Waals surface area (Å²) < 4.78 is 9.93. The Bertz CT molecular complexity index is 709. The van der Waals surface area contributed by atoms with E-state index in [4.69, 9.17) is 9.15 Å². The first-order valence-electron chi connectivity index (χ1n) is 8.02. The van der Waals surface area contributed by atoms with E-state index in [2.05, 4.69) is 15.5 Å². The third-order valence-corrected chi connectivity index (χ3v) is 3.78. The molecule has 0 bridgehead atoms. The van der Waals surface area contributed by atoms with Crippen molar-refractivity contribution in [3.63, 3.8) is 0 Å². The first-order valence-corrected chi connectivity index (χ1v) is 8.02. The van der Waals surface area contributed by atoms with Gasteiger partial charge in [0.1, 0.15) is 0 Å². The number of hydrogen-bond donors (Lipinski definition) is 1. The number of nitrogens with zero attached hydrogens (tertiary/aromatic N) is 4. The van der Waals surface area contributed by atoms with Crippen molar-refractivity contribution in [2.45, 2.75) is 6.92 Å². The number of ether oxygens (including phenoxy) is 1. The zero-order valence-electron chi connectivity index (χ0n) is 13.8. The standard InChI is InChI=1S/C16H19N5O4/c1-2-24-16(23)17-13-5-6-14(19-18-13)20-7-9-21(10-8-20)15(22)12-4-3-11-25-12/h3-6,11H,2,7-10H2,1H3,(H,17,18,23). The minimum absolute atomic E-state index is 0.107. The summed E-state index contributed by atoms with van der Waals surface area (Å²) in [5, 5.41) is 10.6. The molecule has 0 spiro atoms. The van der Waals surface area contributed by atoms with Crippen molar-refractivity contribution in [1.82, 2.24) is 15.1 Å². The van der Waals surface area contributed by atoms with Gasteiger partial charge in [-0.25, -0.2) is 4.79 Å². The highest BCUT2D eigenvalue weighted by Crippen LogP contribution is 2.16. The summed E-state index contributed by atoms with van der Waals surface area (Å²) in [5.74, 6) is 1.26. The fraction of sp³-hybridized carbons (Fsp3) is 0.375. The molecule has 0 unspecified atom stereocenters. The molecule has 1 aliphatic heterocycles. The lowest BCUT2D eigenvalue weighted by Crippen LogP contribution is -2.49. The second-order valence-corrected chi connectivity index (χ2v) is 5.38. The second kappa shape index (κ2) is 7.65. The third-order valence-electron chi connectivity index (χ3n) is 3.78. The van der Waals surface area contributed by atoms with E-state index in [0.29, 0.717) is 50.2 Å². The van der Waals surface area contributed by atoms with Crippen molar-refractivity contribution in [3.05, 3.63) is 36.3 Å². The molecule has 1 saturated heterocycles. The molecule has 132 valence electrons. The van der Waals surface area contributed by atoms with Crippen LogP contribution in [0.4, 0.5) is 16.4 Å². The average Bonchev–Trinajstić information content (AvgIpc) is 3.17. The molecule has 1 N–H and O–H groups in total. The minimum atomic E-state index is -0.561. The normalized spacial score (nSPS) is 14.3. The number of carbonyl (C=O) groups excluding carboxylic acids is 2. The maximum atomic E-state index is 12.2. The van der Waals surface area contributed by atoms with Gasteiger partial charge in [-0.2, -0.15) is 0 Å². The Balaban J connectivity index is 1.54. The zero-order valence-corrected chi connectivity index (χ0v) is 13.8. The molecule has 2 aromatic rings. The van der Waals surface area contributed by atoms with Gasteiger partial charge in [0.2, 0.25) is 0 Å². The first-order chi connectivity index (χ1) is 12.2. The summed E-state index contributed by atoms with van der Waals surface area (Å²) in [7, 11) is 0. The molecule has 0 aliphatic carbocycles. The lowest BCUT2D eigenvalue weighted by molar-refractivity contribution is 0.0714. The molecular formula is C16H19N5O4. The Morgan fingerprint density at radius 2 is 2.00 bits per heavy atom. The van der Waals surface area contributed by atoms with Gasteiger partial charge in [-0.3, -0.25) is 10.1 Å². The quantitative estimate of drug-likeness (QED) is 0.898. The van der Waals surface area contributed by atoms with Crippen LogP contribution in [0.1, 0.15) is 17.5 Å². The topological polar surface area (TPSA) is 101 Å². The highest BCUT2D eigenvalue weighted by Gasteiger charge is 2.24. The molecule has 0 atom stereocenters. The van der Waals surface area contributed by atoms with Crippen LogP contribution in [-0.2, 0) is 4.74 Å². The monoisotopic (exact) mass is 345 g/mol. The number of nitrogens with one attached hydrogen (secondary N) is 1. The molecule has 0 radical (unpaired) electrons. The average molecular weight is 345 g/mol. The van der Waals surface area contributed by atoms with Gasteiger partial charge in [0.15, 0.2) is 17.4 Å². The third kappa shape index (κ3) is 4.06. The number of carbonyl (C=O) groups is 2. The van der Waals surface area contributed by atoms with E-state index in [9.17, 15) is 9.59 Å². The van der Waals surface area contributed by atoms with Gasteiger partial charge in [-0.05, 0) is 31.2 Å². The highest BCUT2D eigenvalue weighted by atomic mass is 16.5. The van der Waals surface area contributed by atoms with Crippen LogP contribution < -0.4 is 10.2 Å². The van der Waals surface area contributed by atoms with Crippen molar-refractivity contribution in [2.24, 2.45) is 0 Å². The number of hydrogen-bond acceptors (Lipinski definition) is 7. The molecule has 0 saturated carbocycles.